The van der Waals surface area contributed by atoms with E-state index in [-0.39, 0.29) is 43.3 Å². The molecule has 1 aliphatic rings. The predicted molar refractivity (Wildman–Crippen MR) is 173 cm³/mol. The Hall–Kier alpha value is -3.36. The Morgan fingerprint density at radius 1 is 0.930 bits per heavy atom. The summed E-state index contributed by atoms with van der Waals surface area (Å²) in [5.74, 6) is -0.599. The van der Waals surface area contributed by atoms with E-state index in [2.05, 4.69) is 23.8 Å². The fourth-order valence-corrected chi connectivity index (χ4v) is 6.45. The molecular formula is C35H46N2O5S. The lowest BCUT2D eigenvalue weighted by molar-refractivity contribution is -0.149. The number of nitrogens with one attached hydrogen (secondary N) is 2. The maximum atomic E-state index is 13.5. The van der Waals surface area contributed by atoms with Crippen molar-refractivity contribution in [3.8, 4) is 0 Å². The fourth-order valence-electron chi connectivity index (χ4n) is 5.44. The molecule has 0 radical (unpaired) electrons. The third-order valence-corrected chi connectivity index (χ3v) is 9.01. The van der Waals surface area contributed by atoms with E-state index in [0.717, 1.165) is 42.6 Å². The Balaban J connectivity index is 1.64. The first-order valence-electron chi connectivity index (χ1n) is 15.1. The molecule has 232 valence electrons. The van der Waals surface area contributed by atoms with E-state index in [0.29, 0.717) is 25.0 Å². The topological polar surface area (TPSA) is 105 Å². The first-order chi connectivity index (χ1) is 20.9. The van der Waals surface area contributed by atoms with E-state index in [1.54, 1.807) is 23.9 Å². The Labute approximate surface area is 260 Å². The van der Waals surface area contributed by atoms with Gasteiger partial charge in [0.25, 0.3) is 0 Å². The third-order valence-electron chi connectivity index (χ3n) is 7.83. The van der Waals surface area contributed by atoms with Gasteiger partial charge < -0.3 is 20.5 Å². The van der Waals surface area contributed by atoms with Crippen molar-refractivity contribution < 1.29 is 24.2 Å². The molecule has 8 heteroatoms. The van der Waals surface area contributed by atoms with Crippen molar-refractivity contribution in [1.82, 2.24) is 10.6 Å². The summed E-state index contributed by atoms with van der Waals surface area (Å²) in [6, 6.07) is 19.4. The minimum atomic E-state index is -0.626. The summed E-state index contributed by atoms with van der Waals surface area (Å²) < 4.78 is 5.79. The number of ether oxygens (including phenoxy) is 1. The minimum absolute atomic E-state index is 0.0121. The zero-order valence-corrected chi connectivity index (χ0v) is 25.9. The number of benzene rings is 2. The normalized spacial score (nSPS) is 15.9. The van der Waals surface area contributed by atoms with Crippen molar-refractivity contribution in [2.75, 3.05) is 19.0 Å². The fraction of sp³-hybridized carbons (Fsp3) is 0.457. The van der Waals surface area contributed by atoms with E-state index >= 15 is 0 Å². The standard InChI is InChI=1S/C35H46N2O5S/c1-3-13-29(22-32(39)37-35(26-38)19-11-12-20-35)33(40)36-31(25-43-24-28-17-9-6-10-18-28)23-42-34(41)30(14-4-2)21-27-15-7-5-8-16-27/h3-10,15-18,29-31,38H,1-2,11-14,19-26H2,(H,36,40)(H,37,39)/t29-,30+,31-/m1/s1. The lowest BCUT2D eigenvalue weighted by atomic mass is 9.95. The molecule has 3 N–H and O–H groups in total. The first-order valence-corrected chi connectivity index (χ1v) is 16.3. The summed E-state index contributed by atoms with van der Waals surface area (Å²) in [5, 5.41) is 15.9. The maximum absolute atomic E-state index is 13.5. The molecule has 43 heavy (non-hydrogen) atoms. The lowest BCUT2D eigenvalue weighted by Gasteiger charge is -2.29. The van der Waals surface area contributed by atoms with E-state index in [1.807, 2.05) is 60.7 Å². The van der Waals surface area contributed by atoms with Crippen molar-refractivity contribution in [2.24, 2.45) is 11.8 Å². The molecule has 0 heterocycles. The number of aliphatic hydroxyl groups excluding tert-OH is 1. The average molecular weight is 607 g/mol. The van der Waals surface area contributed by atoms with Gasteiger partial charge in [-0.15, -0.1) is 13.2 Å². The highest BCUT2D eigenvalue weighted by Gasteiger charge is 2.35. The number of hydrogen-bond acceptors (Lipinski definition) is 6. The maximum Gasteiger partial charge on any atom is 0.309 e. The zero-order chi connectivity index (χ0) is 30.9. The van der Waals surface area contributed by atoms with E-state index in [9.17, 15) is 19.5 Å². The van der Waals surface area contributed by atoms with Crippen molar-refractivity contribution in [2.45, 2.75) is 68.7 Å². The van der Waals surface area contributed by atoms with Gasteiger partial charge >= 0.3 is 5.97 Å². The number of rotatable bonds is 19. The summed E-state index contributed by atoms with van der Waals surface area (Å²) in [6.07, 6.45) is 8.08. The minimum Gasteiger partial charge on any atom is -0.463 e. The smallest absolute Gasteiger partial charge is 0.309 e. The van der Waals surface area contributed by atoms with E-state index < -0.39 is 17.5 Å². The molecule has 0 aliphatic heterocycles. The van der Waals surface area contributed by atoms with Gasteiger partial charge in [-0.05, 0) is 43.2 Å². The Morgan fingerprint density at radius 3 is 2.14 bits per heavy atom. The molecule has 1 aliphatic carbocycles. The number of carbonyl (C=O) groups is 3. The van der Waals surface area contributed by atoms with Crippen LogP contribution in [0.25, 0.3) is 0 Å². The van der Waals surface area contributed by atoms with Crippen LogP contribution in [0.5, 0.6) is 0 Å². The van der Waals surface area contributed by atoms with Crippen LogP contribution in [0.4, 0.5) is 0 Å². The van der Waals surface area contributed by atoms with Gasteiger partial charge in [0.05, 0.1) is 30.0 Å². The highest BCUT2D eigenvalue weighted by molar-refractivity contribution is 7.98. The molecule has 3 rings (SSSR count). The van der Waals surface area contributed by atoms with Crippen LogP contribution in [0.15, 0.2) is 86.0 Å². The number of thioether (sulfide) groups is 1. The van der Waals surface area contributed by atoms with Gasteiger partial charge in [0.2, 0.25) is 11.8 Å². The molecule has 1 saturated carbocycles. The van der Waals surface area contributed by atoms with Crippen LogP contribution >= 0.6 is 11.8 Å². The van der Waals surface area contributed by atoms with Crippen molar-refractivity contribution in [3.05, 3.63) is 97.1 Å². The molecule has 0 saturated heterocycles. The Kier molecular flexibility index (Phi) is 14.6. The Morgan fingerprint density at radius 2 is 1.53 bits per heavy atom. The van der Waals surface area contributed by atoms with Crippen LogP contribution in [-0.4, -0.2) is 53.4 Å². The number of amides is 2. The third kappa shape index (κ3) is 11.7. The average Bonchev–Trinajstić information content (AvgIpc) is 3.49. The largest absolute Gasteiger partial charge is 0.463 e. The van der Waals surface area contributed by atoms with Crippen LogP contribution in [0.3, 0.4) is 0 Å². The summed E-state index contributed by atoms with van der Waals surface area (Å²) in [7, 11) is 0. The molecule has 2 amide bonds. The molecule has 0 unspecified atom stereocenters. The molecule has 2 aromatic carbocycles. The first kappa shape index (κ1) is 34.1. The molecule has 7 nitrogen and oxygen atoms in total. The number of hydrogen-bond donors (Lipinski definition) is 3. The number of allylic oxidation sites excluding steroid dienone is 2. The molecule has 2 aromatic rings. The predicted octanol–water partition coefficient (Wildman–Crippen LogP) is 5.39. The van der Waals surface area contributed by atoms with Gasteiger partial charge in [-0.1, -0.05) is 85.7 Å². The van der Waals surface area contributed by atoms with Gasteiger partial charge in [0.15, 0.2) is 0 Å². The van der Waals surface area contributed by atoms with Crippen LogP contribution in [0, 0.1) is 11.8 Å². The number of carbonyl (C=O) groups excluding carboxylic acids is 3. The monoisotopic (exact) mass is 606 g/mol. The van der Waals surface area contributed by atoms with Crippen LogP contribution < -0.4 is 10.6 Å². The molecule has 0 spiro atoms. The highest BCUT2D eigenvalue weighted by atomic mass is 32.2. The molecule has 0 bridgehead atoms. The van der Waals surface area contributed by atoms with E-state index in [4.69, 9.17) is 4.74 Å². The molecule has 1 fully saturated rings. The highest BCUT2D eigenvalue weighted by Crippen LogP contribution is 2.29. The molecular weight excluding hydrogens is 560 g/mol. The Bertz CT molecular complexity index is 1170. The second kappa shape index (κ2) is 18.3. The summed E-state index contributed by atoms with van der Waals surface area (Å²) in [4.78, 5) is 39.6. The van der Waals surface area contributed by atoms with Crippen LogP contribution in [0.2, 0.25) is 0 Å². The van der Waals surface area contributed by atoms with Gasteiger partial charge in [-0.2, -0.15) is 11.8 Å². The van der Waals surface area contributed by atoms with Gasteiger partial charge in [0.1, 0.15) is 6.61 Å². The summed E-state index contributed by atoms with van der Waals surface area (Å²) in [6.45, 7) is 7.50. The summed E-state index contributed by atoms with van der Waals surface area (Å²) >= 11 is 1.64. The van der Waals surface area contributed by atoms with Crippen molar-refractivity contribution >= 4 is 29.5 Å². The number of esters is 1. The van der Waals surface area contributed by atoms with Crippen LogP contribution in [0.1, 0.15) is 56.1 Å². The quantitative estimate of drug-likeness (QED) is 0.146. The molecule has 3 atom stereocenters. The lowest BCUT2D eigenvalue weighted by Crippen LogP contribution is -2.50. The number of aliphatic hydroxyl groups is 1. The van der Waals surface area contributed by atoms with Gasteiger partial charge in [0, 0.05) is 17.9 Å². The van der Waals surface area contributed by atoms with Crippen molar-refractivity contribution in [1.29, 1.82) is 0 Å². The summed E-state index contributed by atoms with van der Waals surface area (Å²) in [5.41, 5.74) is 1.61. The second-order valence-corrected chi connectivity index (χ2v) is 12.4. The van der Waals surface area contributed by atoms with E-state index in [1.165, 1.54) is 0 Å². The SMILES string of the molecule is C=CC[C@H](CC(=O)NC1(CO)CCCC1)C(=O)N[C@H](COC(=O)[C@@H](CC=C)Cc1ccccc1)CSCc1ccccc1. The van der Waals surface area contributed by atoms with Gasteiger partial charge in [-0.3, -0.25) is 14.4 Å². The van der Waals surface area contributed by atoms with Gasteiger partial charge in [-0.25, -0.2) is 0 Å². The van der Waals surface area contributed by atoms with Crippen molar-refractivity contribution in [3.63, 3.8) is 0 Å². The second-order valence-electron chi connectivity index (χ2n) is 11.4. The zero-order valence-electron chi connectivity index (χ0n) is 25.0. The molecule has 0 aromatic heterocycles. The van der Waals surface area contributed by atoms with Crippen LogP contribution in [-0.2, 0) is 31.3 Å².